The zero-order valence-corrected chi connectivity index (χ0v) is 10.9. The van der Waals surface area contributed by atoms with Crippen molar-refractivity contribution in [3.05, 3.63) is 24.3 Å². The van der Waals surface area contributed by atoms with Gasteiger partial charge in [-0.25, -0.2) is 0 Å². The zero-order valence-electron chi connectivity index (χ0n) is 10.1. The lowest BCUT2D eigenvalue weighted by Crippen LogP contribution is -2.43. The molecule has 1 aliphatic rings. The number of rotatable bonds is 4. The van der Waals surface area contributed by atoms with Crippen LogP contribution >= 0.6 is 0 Å². The third-order valence-electron chi connectivity index (χ3n) is 2.66. The summed E-state index contributed by atoms with van der Waals surface area (Å²) in [7, 11) is -2.04. The fourth-order valence-electron chi connectivity index (χ4n) is 1.72. The highest BCUT2D eigenvalue weighted by Crippen LogP contribution is 2.24. The van der Waals surface area contributed by atoms with Gasteiger partial charge >= 0.3 is 10.2 Å². The number of para-hydroxylation sites is 2. The average Bonchev–Trinajstić information content (AvgIpc) is 2.40. The van der Waals surface area contributed by atoms with Gasteiger partial charge in [-0.1, -0.05) is 12.1 Å². The van der Waals surface area contributed by atoms with E-state index in [1.54, 1.807) is 24.3 Å². The summed E-state index contributed by atoms with van der Waals surface area (Å²) in [6.45, 7) is 1.58. The lowest BCUT2D eigenvalue weighted by atomic mass is 10.3. The van der Waals surface area contributed by atoms with E-state index in [1.165, 1.54) is 11.4 Å². The Labute approximate surface area is 107 Å². The van der Waals surface area contributed by atoms with E-state index in [9.17, 15) is 8.42 Å². The summed E-state index contributed by atoms with van der Waals surface area (Å²) in [6, 6.07) is 6.90. The maximum atomic E-state index is 12.1. The van der Waals surface area contributed by atoms with E-state index in [0.717, 1.165) is 0 Å². The summed E-state index contributed by atoms with van der Waals surface area (Å²) >= 11 is 0. The summed E-state index contributed by atoms with van der Waals surface area (Å²) in [5, 5.41) is 0. The van der Waals surface area contributed by atoms with Crippen molar-refractivity contribution in [2.75, 3.05) is 38.1 Å². The Balaban J connectivity index is 2.16. The van der Waals surface area contributed by atoms with Crippen molar-refractivity contribution < 1.29 is 17.9 Å². The van der Waals surface area contributed by atoms with E-state index in [2.05, 4.69) is 4.72 Å². The van der Waals surface area contributed by atoms with Crippen molar-refractivity contribution in [3.8, 4) is 5.75 Å². The molecule has 0 saturated carbocycles. The summed E-state index contributed by atoms with van der Waals surface area (Å²) in [5.74, 6) is 0.495. The van der Waals surface area contributed by atoms with Crippen LogP contribution in [0.4, 0.5) is 5.69 Å². The first-order valence-corrected chi connectivity index (χ1v) is 7.06. The molecule has 0 radical (unpaired) electrons. The molecule has 0 unspecified atom stereocenters. The SMILES string of the molecule is COc1ccccc1NS(=O)(=O)N1CCOCC1. The molecule has 1 fully saturated rings. The molecule has 1 N–H and O–H groups in total. The molecule has 0 aromatic heterocycles. The Bertz CT molecular complexity index is 498. The van der Waals surface area contributed by atoms with Crippen LogP contribution in [-0.4, -0.2) is 46.1 Å². The maximum absolute atomic E-state index is 12.1. The van der Waals surface area contributed by atoms with Crippen LogP contribution in [-0.2, 0) is 14.9 Å². The second-order valence-corrected chi connectivity index (χ2v) is 5.49. The second-order valence-electron chi connectivity index (χ2n) is 3.82. The number of nitrogens with zero attached hydrogens (tertiary/aromatic N) is 1. The molecule has 1 heterocycles. The van der Waals surface area contributed by atoms with Gasteiger partial charge in [-0.3, -0.25) is 4.72 Å². The molecule has 2 rings (SSSR count). The van der Waals surface area contributed by atoms with E-state index in [1.807, 2.05) is 0 Å². The van der Waals surface area contributed by atoms with Crippen LogP contribution in [0.2, 0.25) is 0 Å². The van der Waals surface area contributed by atoms with Crippen LogP contribution in [0.5, 0.6) is 5.75 Å². The first-order valence-electron chi connectivity index (χ1n) is 5.62. The molecule has 0 aliphatic carbocycles. The van der Waals surface area contributed by atoms with Crippen LogP contribution < -0.4 is 9.46 Å². The largest absolute Gasteiger partial charge is 0.495 e. The summed E-state index contributed by atoms with van der Waals surface area (Å²) in [4.78, 5) is 0. The minimum Gasteiger partial charge on any atom is -0.495 e. The van der Waals surface area contributed by atoms with Gasteiger partial charge < -0.3 is 9.47 Å². The number of benzene rings is 1. The van der Waals surface area contributed by atoms with Crippen molar-refractivity contribution in [1.29, 1.82) is 0 Å². The molecule has 7 heteroatoms. The number of methoxy groups -OCH3 is 1. The highest BCUT2D eigenvalue weighted by molar-refractivity contribution is 7.90. The minimum absolute atomic E-state index is 0.366. The normalized spacial score (nSPS) is 17.4. The van der Waals surface area contributed by atoms with E-state index in [0.29, 0.717) is 37.7 Å². The van der Waals surface area contributed by atoms with E-state index >= 15 is 0 Å². The third-order valence-corrected chi connectivity index (χ3v) is 4.18. The molecule has 1 aromatic carbocycles. The fraction of sp³-hybridized carbons (Fsp3) is 0.455. The van der Waals surface area contributed by atoms with Crippen LogP contribution in [0, 0.1) is 0 Å². The van der Waals surface area contributed by atoms with Gasteiger partial charge in [0.15, 0.2) is 0 Å². The Hall–Kier alpha value is -1.31. The average molecular weight is 272 g/mol. The van der Waals surface area contributed by atoms with Gasteiger partial charge in [0.05, 0.1) is 26.0 Å². The van der Waals surface area contributed by atoms with Crippen LogP contribution in [0.1, 0.15) is 0 Å². The lowest BCUT2D eigenvalue weighted by Gasteiger charge is -2.26. The van der Waals surface area contributed by atoms with Gasteiger partial charge in [0, 0.05) is 13.1 Å². The minimum atomic E-state index is -3.55. The first kappa shape index (κ1) is 13.1. The predicted molar refractivity (Wildman–Crippen MR) is 67.9 cm³/mol. The van der Waals surface area contributed by atoms with Crippen molar-refractivity contribution in [2.45, 2.75) is 0 Å². The Morgan fingerprint density at radius 2 is 1.94 bits per heavy atom. The summed E-state index contributed by atoms with van der Waals surface area (Å²) in [5.41, 5.74) is 0.437. The smallest absolute Gasteiger partial charge is 0.301 e. The number of hydrogen-bond acceptors (Lipinski definition) is 4. The van der Waals surface area contributed by atoms with Crippen LogP contribution in [0.3, 0.4) is 0 Å². The van der Waals surface area contributed by atoms with E-state index < -0.39 is 10.2 Å². The van der Waals surface area contributed by atoms with Crippen LogP contribution in [0.15, 0.2) is 24.3 Å². The number of nitrogens with one attached hydrogen (secondary N) is 1. The van der Waals surface area contributed by atoms with Crippen molar-refractivity contribution >= 4 is 15.9 Å². The van der Waals surface area contributed by atoms with Gasteiger partial charge in [-0.2, -0.15) is 12.7 Å². The molecule has 1 saturated heterocycles. The number of morpholine rings is 1. The van der Waals surface area contributed by atoms with Crippen molar-refractivity contribution in [2.24, 2.45) is 0 Å². The Morgan fingerprint density at radius 1 is 1.28 bits per heavy atom. The molecule has 6 nitrogen and oxygen atoms in total. The highest BCUT2D eigenvalue weighted by atomic mass is 32.2. The zero-order chi connectivity index (χ0) is 13.0. The summed E-state index contributed by atoms with van der Waals surface area (Å²) < 4.78 is 38.4. The van der Waals surface area contributed by atoms with Crippen molar-refractivity contribution in [1.82, 2.24) is 4.31 Å². The van der Waals surface area contributed by atoms with Gasteiger partial charge in [0.25, 0.3) is 0 Å². The molecule has 0 atom stereocenters. The highest BCUT2D eigenvalue weighted by Gasteiger charge is 2.24. The quantitative estimate of drug-likeness (QED) is 0.875. The van der Waals surface area contributed by atoms with E-state index in [4.69, 9.17) is 9.47 Å². The molecule has 1 aliphatic heterocycles. The van der Waals surface area contributed by atoms with Crippen LogP contribution in [0.25, 0.3) is 0 Å². The Kier molecular flexibility index (Phi) is 4.05. The fourth-order valence-corrected chi connectivity index (χ4v) is 2.92. The number of anilines is 1. The first-order chi connectivity index (χ1) is 8.63. The molecule has 100 valence electrons. The van der Waals surface area contributed by atoms with Gasteiger partial charge in [0.2, 0.25) is 0 Å². The maximum Gasteiger partial charge on any atom is 0.301 e. The number of hydrogen-bond donors (Lipinski definition) is 1. The standard InChI is InChI=1S/C11H16N2O4S/c1-16-11-5-3-2-4-10(11)12-18(14,15)13-6-8-17-9-7-13/h2-5,12H,6-9H2,1H3. The Morgan fingerprint density at radius 3 is 2.61 bits per heavy atom. The summed E-state index contributed by atoms with van der Waals surface area (Å²) in [6.07, 6.45) is 0. The monoisotopic (exact) mass is 272 g/mol. The third kappa shape index (κ3) is 2.92. The molecular weight excluding hydrogens is 256 g/mol. The van der Waals surface area contributed by atoms with Gasteiger partial charge in [0.1, 0.15) is 5.75 Å². The van der Waals surface area contributed by atoms with Gasteiger partial charge in [-0.15, -0.1) is 0 Å². The van der Waals surface area contributed by atoms with Crippen molar-refractivity contribution in [3.63, 3.8) is 0 Å². The molecule has 0 bridgehead atoms. The molecule has 18 heavy (non-hydrogen) atoms. The van der Waals surface area contributed by atoms with Gasteiger partial charge in [-0.05, 0) is 12.1 Å². The topological polar surface area (TPSA) is 67.9 Å². The second kappa shape index (κ2) is 5.55. The number of ether oxygens (including phenoxy) is 2. The lowest BCUT2D eigenvalue weighted by molar-refractivity contribution is 0.0733. The molecule has 0 amide bonds. The predicted octanol–water partition coefficient (Wildman–Crippen LogP) is 0.684. The molecular formula is C11H16N2O4S. The molecule has 0 spiro atoms. The van der Waals surface area contributed by atoms with E-state index in [-0.39, 0.29) is 0 Å². The molecule has 1 aromatic rings.